The Morgan fingerprint density at radius 2 is 1.94 bits per heavy atom. The quantitative estimate of drug-likeness (QED) is 0.722. The molecule has 0 saturated carbocycles. The summed E-state index contributed by atoms with van der Waals surface area (Å²) in [4.78, 5) is 38.2. The molecular weight excluding hydrogens is 433 g/mol. The molecule has 4 rings (SSSR count). The van der Waals surface area contributed by atoms with Gasteiger partial charge in [0.25, 0.3) is 0 Å². The number of carboxylic acid groups (broad SMARTS) is 1. The number of nitrogens with zero attached hydrogens (tertiary/aromatic N) is 2. The minimum atomic E-state index is -1.35. The summed E-state index contributed by atoms with van der Waals surface area (Å²) < 4.78 is 28.2. The average molecular weight is 461 g/mol. The second-order valence-electron chi connectivity index (χ2n) is 9.58. The van der Waals surface area contributed by atoms with Crippen molar-refractivity contribution in [3.05, 3.63) is 33.9 Å². The summed E-state index contributed by atoms with van der Waals surface area (Å²) in [5.74, 6) is -1.75. The van der Waals surface area contributed by atoms with E-state index in [1.54, 1.807) is 25.3 Å². The Labute approximate surface area is 190 Å². The molecule has 2 N–H and O–H groups in total. The third-order valence-corrected chi connectivity index (χ3v) is 5.90. The number of hydrogen-bond donors (Lipinski definition) is 2. The average Bonchev–Trinajstić information content (AvgIpc) is 2.71. The van der Waals surface area contributed by atoms with Gasteiger partial charge in [-0.2, -0.15) is 0 Å². The maximum atomic E-state index is 15.3. The van der Waals surface area contributed by atoms with Crippen molar-refractivity contribution in [3.8, 4) is 5.75 Å². The fourth-order valence-electron chi connectivity index (χ4n) is 4.38. The van der Waals surface area contributed by atoms with E-state index in [4.69, 9.17) is 9.47 Å². The first-order valence-corrected chi connectivity index (χ1v) is 11.0. The van der Waals surface area contributed by atoms with Crippen LogP contribution in [0, 0.1) is 5.82 Å². The molecule has 1 atom stereocenters. The van der Waals surface area contributed by atoms with E-state index >= 15 is 4.39 Å². The van der Waals surface area contributed by atoms with Gasteiger partial charge < -0.3 is 29.4 Å². The van der Waals surface area contributed by atoms with Crippen molar-refractivity contribution >= 4 is 28.7 Å². The lowest BCUT2D eigenvalue weighted by Gasteiger charge is -2.37. The van der Waals surface area contributed by atoms with Crippen LogP contribution in [-0.2, 0) is 4.74 Å². The zero-order chi connectivity index (χ0) is 24.1. The highest BCUT2D eigenvalue weighted by Gasteiger charge is 2.32. The molecule has 0 spiro atoms. The summed E-state index contributed by atoms with van der Waals surface area (Å²) in [5.41, 5.74) is -1.08. The smallest absolute Gasteiger partial charge is 0.407 e. The Morgan fingerprint density at radius 1 is 1.27 bits per heavy atom. The number of hydrogen-bond acceptors (Lipinski definition) is 6. The van der Waals surface area contributed by atoms with Gasteiger partial charge in [-0.25, -0.2) is 14.0 Å². The first-order chi connectivity index (χ1) is 15.5. The van der Waals surface area contributed by atoms with Gasteiger partial charge in [-0.3, -0.25) is 4.79 Å². The highest BCUT2D eigenvalue weighted by molar-refractivity contribution is 5.97. The Kier molecular flexibility index (Phi) is 5.71. The van der Waals surface area contributed by atoms with Crippen LogP contribution in [0.3, 0.4) is 0 Å². The molecule has 1 aromatic heterocycles. The van der Waals surface area contributed by atoms with Crippen molar-refractivity contribution in [3.63, 3.8) is 0 Å². The number of rotatable bonds is 3. The van der Waals surface area contributed by atoms with E-state index in [1.807, 2.05) is 11.8 Å². The summed E-state index contributed by atoms with van der Waals surface area (Å²) in [6.45, 7) is 8.38. The largest absolute Gasteiger partial charge is 0.487 e. The van der Waals surface area contributed by atoms with E-state index < -0.39 is 34.5 Å². The van der Waals surface area contributed by atoms with E-state index in [-0.39, 0.29) is 35.5 Å². The molecule has 33 heavy (non-hydrogen) atoms. The number of amides is 1. The SMILES string of the molecule is CC1COc2c(N3CCC(NC(=O)OC(C)(C)C)CC3)c(F)cc3c(=O)c(C(=O)O)cn1c23. The number of nitrogens with one attached hydrogen (secondary N) is 1. The Bertz CT molecular complexity index is 1180. The summed E-state index contributed by atoms with van der Waals surface area (Å²) in [6, 6.07) is 0.778. The first-order valence-electron chi connectivity index (χ1n) is 11.0. The third kappa shape index (κ3) is 4.34. The standard InChI is InChI=1S/C23H28FN3O6/c1-12-11-32-20-17-14(19(28)15(21(29)30)10-27(12)17)9-16(24)18(20)26-7-5-13(6-8-26)25-22(31)33-23(2,3)4/h9-10,12-13H,5-8,11H2,1-4H3,(H,25,31)(H,29,30). The molecule has 1 amide bonds. The molecule has 0 bridgehead atoms. The Morgan fingerprint density at radius 3 is 2.55 bits per heavy atom. The van der Waals surface area contributed by atoms with Gasteiger partial charge in [-0.1, -0.05) is 0 Å². The molecule has 10 heteroatoms. The van der Waals surface area contributed by atoms with Gasteiger partial charge in [0.1, 0.15) is 23.5 Å². The lowest BCUT2D eigenvalue weighted by Crippen LogP contribution is -2.46. The van der Waals surface area contributed by atoms with Gasteiger partial charge in [-0.15, -0.1) is 0 Å². The van der Waals surface area contributed by atoms with E-state index in [0.717, 1.165) is 6.07 Å². The van der Waals surface area contributed by atoms with Crippen LogP contribution >= 0.6 is 0 Å². The normalized spacial score (nSPS) is 18.7. The van der Waals surface area contributed by atoms with Crippen molar-refractivity contribution in [1.82, 2.24) is 9.88 Å². The fraction of sp³-hybridized carbons (Fsp3) is 0.522. The van der Waals surface area contributed by atoms with Gasteiger partial charge >= 0.3 is 12.1 Å². The van der Waals surface area contributed by atoms with Crippen LogP contribution in [0.15, 0.2) is 17.1 Å². The Balaban J connectivity index is 1.65. The van der Waals surface area contributed by atoms with Crippen molar-refractivity contribution in [2.45, 2.75) is 58.2 Å². The van der Waals surface area contributed by atoms with Gasteiger partial charge in [0.2, 0.25) is 5.43 Å². The van der Waals surface area contributed by atoms with E-state index in [0.29, 0.717) is 31.4 Å². The molecule has 1 unspecified atom stereocenters. The van der Waals surface area contributed by atoms with Crippen LogP contribution < -0.4 is 20.4 Å². The topological polar surface area (TPSA) is 110 Å². The molecule has 178 valence electrons. The number of carbonyl (C=O) groups is 2. The summed E-state index contributed by atoms with van der Waals surface area (Å²) in [5, 5.41) is 12.3. The number of halogens is 1. The van der Waals surface area contributed by atoms with Crippen molar-refractivity contribution in [1.29, 1.82) is 0 Å². The molecule has 0 radical (unpaired) electrons. The second-order valence-corrected chi connectivity index (χ2v) is 9.58. The molecule has 1 aromatic carbocycles. The molecule has 1 fully saturated rings. The molecule has 1 saturated heterocycles. The van der Waals surface area contributed by atoms with Crippen LogP contribution in [0.5, 0.6) is 5.75 Å². The molecule has 2 aromatic rings. The second kappa shape index (κ2) is 8.24. The van der Waals surface area contributed by atoms with Crippen LogP contribution in [0.4, 0.5) is 14.9 Å². The molecule has 2 aliphatic rings. The zero-order valence-electron chi connectivity index (χ0n) is 19.1. The number of benzene rings is 1. The molecule has 0 aliphatic carbocycles. The fourth-order valence-corrected chi connectivity index (χ4v) is 4.38. The van der Waals surface area contributed by atoms with Crippen LogP contribution in [0.2, 0.25) is 0 Å². The summed E-state index contributed by atoms with van der Waals surface area (Å²) in [6.07, 6.45) is 1.99. The van der Waals surface area contributed by atoms with E-state index in [9.17, 15) is 19.5 Å². The number of carboxylic acids is 1. The number of alkyl carbamates (subject to hydrolysis) is 1. The number of ether oxygens (including phenoxy) is 2. The Hall–Kier alpha value is -3.30. The lowest BCUT2D eigenvalue weighted by molar-refractivity contribution is 0.0496. The predicted octanol–water partition coefficient (Wildman–Crippen LogP) is 3.29. The first kappa shape index (κ1) is 22.9. The number of aromatic carboxylic acids is 1. The third-order valence-electron chi connectivity index (χ3n) is 5.90. The minimum absolute atomic E-state index is 0.0146. The highest BCUT2D eigenvalue weighted by Crippen LogP contribution is 2.42. The van der Waals surface area contributed by atoms with E-state index in [2.05, 4.69) is 5.32 Å². The maximum Gasteiger partial charge on any atom is 0.407 e. The zero-order valence-corrected chi connectivity index (χ0v) is 19.1. The van der Waals surface area contributed by atoms with Gasteiger partial charge in [0, 0.05) is 25.3 Å². The molecule has 2 aliphatic heterocycles. The molecule has 9 nitrogen and oxygen atoms in total. The number of anilines is 1. The number of piperidine rings is 1. The number of pyridine rings is 1. The predicted molar refractivity (Wildman–Crippen MR) is 120 cm³/mol. The molecular formula is C23H28FN3O6. The summed E-state index contributed by atoms with van der Waals surface area (Å²) in [7, 11) is 0. The highest BCUT2D eigenvalue weighted by atomic mass is 19.1. The molecule has 3 heterocycles. The van der Waals surface area contributed by atoms with Crippen LogP contribution in [0.1, 0.15) is 56.9 Å². The lowest BCUT2D eigenvalue weighted by atomic mass is 10.0. The number of aromatic nitrogens is 1. The number of carbonyl (C=O) groups excluding carboxylic acids is 1. The van der Waals surface area contributed by atoms with Crippen molar-refractivity contribution in [2.24, 2.45) is 0 Å². The van der Waals surface area contributed by atoms with Crippen LogP contribution in [0.25, 0.3) is 10.9 Å². The van der Waals surface area contributed by atoms with Crippen molar-refractivity contribution < 1.29 is 28.6 Å². The monoisotopic (exact) mass is 461 g/mol. The van der Waals surface area contributed by atoms with Gasteiger partial charge in [-0.05, 0) is 46.6 Å². The van der Waals surface area contributed by atoms with Crippen LogP contribution in [-0.4, -0.2) is 53.1 Å². The summed E-state index contributed by atoms with van der Waals surface area (Å²) >= 11 is 0. The maximum absolute atomic E-state index is 15.3. The van der Waals surface area contributed by atoms with Gasteiger partial charge in [0.05, 0.1) is 16.9 Å². The van der Waals surface area contributed by atoms with Crippen molar-refractivity contribution in [2.75, 3.05) is 24.6 Å². The van der Waals surface area contributed by atoms with E-state index in [1.165, 1.54) is 6.20 Å². The minimum Gasteiger partial charge on any atom is -0.487 e. The van der Waals surface area contributed by atoms with Gasteiger partial charge in [0.15, 0.2) is 11.6 Å².